The monoisotopic (exact) mass is 209 g/mol. The Morgan fingerprint density at radius 1 is 1.27 bits per heavy atom. The number of aryl methyl sites for hydroxylation is 1. The number of aliphatic hydroxyl groups is 1. The van der Waals surface area contributed by atoms with Gasteiger partial charge < -0.3 is 10.8 Å². The van der Waals surface area contributed by atoms with Gasteiger partial charge in [-0.1, -0.05) is 42.8 Å². The standard InChI is InChI=1S/C7H8.C5H10O.CH5N/c1-7-5-3-2-4-6-7;1-4-2-5(4)3-6;1-2/h2-6H,1H3;4-6H,2-3H2,1H3;2H2,1H3/t;4-,5-;/m.1./s1. The van der Waals surface area contributed by atoms with E-state index in [1.54, 1.807) is 0 Å². The fourth-order valence-electron chi connectivity index (χ4n) is 1.19. The Morgan fingerprint density at radius 3 is 1.87 bits per heavy atom. The number of hydrogen-bond donors (Lipinski definition) is 2. The second-order valence-electron chi connectivity index (χ2n) is 3.81. The topological polar surface area (TPSA) is 46.2 Å². The van der Waals surface area contributed by atoms with Gasteiger partial charge in [0, 0.05) is 6.61 Å². The lowest BCUT2D eigenvalue weighted by atomic mass is 10.2. The quantitative estimate of drug-likeness (QED) is 0.745. The van der Waals surface area contributed by atoms with Gasteiger partial charge in [0.1, 0.15) is 0 Å². The fourth-order valence-corrected chi connectivity index (χ4v) is 1.19. The Labute approximate surface area is 93.1 Å². The molecule has 0 spiro atoms. The normalized spacial score (nSPS) is 21.7. The predicted octanol–water partition coefficient (Wildman–Crippen LogP) is 2.20. The minimum Gasteiger partial charge on any atom is -0.396 e. The van der Waals surface area contributed by atoms with Crippen LogP contribution in [0.1, 0.15) is 18.9 Å². The van der Waals surface area contributed by atoms with E-state index < -0.39 is 0 Å². The summed E-state index contributed by atoms with van der Waals surface area (Å²) in [6.45, 7) is 4.65. The van der Waals surface area contributed by atoms with Gasteiger partial charge in [-0.15, -0.1) is 0 Å². The van der Waals surface area contributed by atoms with Crippen LogP contribution in [0.4, 0.5) is 0 Å². The van der Waals surface area contributed by atoms with E-state index in [2.05, 4.69) is 31.7 Å². The number of hydrogen-bond acceptors (Lipinski definition) is 2. The van der Waals surface area contributed by atoms with Crippen molar-refractivity contribution in [2.24, 2.45) is 17.6 Å². The molecule has 0 saturated heterocycles. The molecule has 0 heterocycles. The molecule has 86 valence electrons. The first-order chi connectivity index (χ1) is 7.24. The highest BCUT2D eigenvalue weighted by molar-refractivity contribution is 5.11. The molecule has 1 aromatic rings. The highest BCUT2D eigenvalue weighted by atomic mass is 16.3. The van der Waals surface area contributed by atoms with Crippen LogP contribution in [0.15, 0.2) is 30.3 Å². The maximum Gasteiger partial charge on any atom is 0.0461 e. The summed E-state index contributed by atoms with van der Waals surface area (Å²) < 4.78 is 0. The van der Waals surface area contributed by atoms with Gasteiger partial charge in [0.2, 0.25) is 0 Å². The molecule has 0 amide bonds. The minimum absolute atomic E-state index is 0.404. The summed E-state index contributed by atoms with van der Waals surface area (Å²) in [6, 6.07) is 10.3. The van der Waals surface area contributed by atoms with Crippen molar-refractivity contribution >= 4 is 0 Å². The lowest BCUT2D eigenvalue weighted by molar-refractivity contribution is 0.270. The summed E-state index contributed by atoms with van der Waals surface area (Å²) in [7, 11) is 1.50. The summed E-state index contributed by atoms with van der Waals surface area (Å²) in [6.07, 6.45) is 1.25. The Kier molecular flexibility index (Phi) is 7.96. The molecule has 2 rings (SSSR count). The zero-order chi connectivity index (χ0) is 11.7. The predicted molar refractivity (Wildman–Crippen MR) is 65.6 cm³/mol. The van der Waals surface area contributed by atoms with Gasteiger partial charge in [0.15, 0.2) is 0 Å². The van der Waals surface area contributed by atoms with Crippen molar-refractivity contribution in [3.8, 4) is 0 Å². The summed E-state index contributed by atoms with van der Waals surface area (Å²) >= 11 is 0. The van der Waals surface area contributed by atoms with Gasteiger partial charge in [-0.2, -0.15) is 0 Å². The van der Waals surface area contributed by atoms with E-state index in [0.717, 1.165) is 5.92 Å². The van der Waals surface area contributed by atoms with Gasteiger partial charge in [0.25, 0.3) is 0 Å². The van der Waals surface area contributed by atoms with Gasteiger partial charge in [-0.25, -0.2) is 0 Å². The molecule has 0 aliphatic heterocycles. The third-order valence-electron chi connectivity index (χ3n) is 2.45. The zero-order valence-electron chi connectivity index (χ0n) is 9.98. The second kappa shape index (κ2) is 8.45. The molecule has 0 aromatic heterocycles. The molecule has 2 heteroatoms. The molecule has 0 bridgehead atoms. The SMILES string of the molecule is CN.C[C@@H]1C[C@@H]1CO.Cc1ccccc1. The molecule has 0 unspecified atom stereocenters. The van der Waals surface area contributed by atoms with Crippen molar-refractivity contribution < 1.29 is 5.11 Å². The Morgan fingerprint density at radius 2 is 1.73 bits per heavy atom. The van der Waals surface area contributed by atoms with Gasteiger partial charge in [0.05, 0.1) is 0 Å². The number of rotatable bonds is 1. The summed E-state index contributed by atoms with van der Waals surface area (Å²) in [5, 5.41) is 8.38. The molecule has 1 aliphatic carbocycles. The molecular formula is C13H23NO. The first-order valence-corrected chi connectivity index (χ1v) is 5.44. The van der Waals surface area contributed by atoms with Crippen molar-refractivity contribution in [3.63, 3.8) is 0 Å². The average molecular weight is 209 g/mol. The highest BCUT2D eigenvalue weighted by Gasteiger charge is 2.30. The number of benzene rings is 1. The molecule has 15 heavy (non-hydrogen) atoms. The largest absolute Gasteiger partial charge is 0.396 e. The molecule has 2 atom stereocenters. The van der Waals surface area contributed by atoms with Crippen LogP contribution in [0.3, 0.4) is 0 Å². The van der Waals surface area contributed by atoms with Crippen molar-refractivity contribution in [1.29, 1.82) is 0 Å². The van der Waals surface area contributed by atoms with E-state index in [1.807, 2.05) is 18.2 Å². The van der Waals surface area contributed by atoms with Crippen LogP contribution in [0.25, 0.3) is 0 Å². The summed E-state index contributed by atoms with van der Waals surface area (Å²) in [5.41, 5.74) is 5.82. The van der Waals surface area contributed by atoms with Crippen LogP contribution in [0.2, 0.25) is 0 Å². The van der Waals surface area contributed by atoms with E-state index in [0.29, 0.717) is 12.5 Å². The maximum absolute atomic E-state index is 8.38. The first kappa shape index (κ1) is 14.1. The highest BCUT2D eigenvalue weighted by Crippen LogP contribution is 2.36. The third kappa shape index (κ3) is 7.11. The molecule has 1 aromatic carbocycles. The number of nitrogens with two attached hydrogens (primary N) is 1. The minimum atomic E-state index is 0.404. The van der Waals surface area contributed by atoms with Crippen molar-refractivity contribution in [3.05, 3.63) is 35.9 Å². The average Bonchev–Trinajstić information content (AvgIpc) is 3.00. The van der Waals surface area contributed by atoms with Crippen LogP contribution in [0, 0.1) is 18.8 Å². The molecular weight excluding hydrogens is 186 g/mol. The van der Waals surface area contributed by atoms with Gasteiger partial charge in [-0.3, -0.25) is 0 Å². The van der Waals surface area contributed by atoms with Crippen LogP contribution in [-0.2, 0) is 0 Å². The summed E-state index contributed by atoms with van der Waals surface area (Å²) in [5.74, 6) is 1.47. The summed E-state index contributed by atoms with van der Waals surface area (Å²) in [4.78, 5) is 0. The molecule has 0 radical (unpaired) electrons. The van der Waals surface area contributed by atoms with E-state index in [4.69, 9.17) is 5.11 Å². The van der Waals surface area contributed by atoms with Crippen molar-refractivity contribution in [2.75, 3.05) is 13.7 Å². The lowest BCUT2D eigenvalue weighted by Gasteiger charge is -1.82. The van der Waals surface area contributed by atoms with Crippen LogP contribution in [0.5, 0.6) is 0 Å². The van der Waals surface area contributed by atoms with Gasteiger partial charge in [-0.05, 0) is 32.2 Å². The maximum atomic E-state index is 8.38. The Hall–Kier alpha value is -0.860. The van der Waals surface area contributed by atoms with E-state index >= 15 is 0 Å². The Balaban J connectivity index is 0.000000227. The lowest BCUT2D eigenvalue weighted by Crippen LogP contribution is -1.83. The Bertz CT molecular complexity index is 234. The molecule has 1 aliphatic rings. The van der Waals surface area contributed by atoms with Crippen molar-refractivity contribution in [2.45, 2.75) is 20.3 Å². The number of aliphatic hydroxyl groups excluding tert-OH is 1. The molecule has 1 saturated carbocycles. The zero-order valence-corrected chi connectivity index (χ0v) is 9.98. The molecule has 2 nitrogen and oxygen atoms in total. The fraction of sp³-hybridized carbons (Fsp3) is 0.538. The van der Waals surface area contributed by atoms with E-state index in [1.165, 1.54) is 19.0 Å². The van der Waals surface area contributed by atoms with Crippen LogP contribution >= 0.6 is 0 Å². The van der Waals surface area contributed by atoms with E-state index in [9.17, 15) is 0 Å². The molecule has 1 fully saturated rings. The van der Waals surface area contributed by atoms with E-state index in [-0.39, 0.29) is 0 Å². The second-order valence-corrected chi connectivity index (χ2v) is 3.81. The smallest absolute Gasteiger partial charge is 0.0461 e. The first-order valence-electron chi connectivity index (χ1n) is 5.44. The van der Waals surface area contributed by atoms with Gasteiger partial charge >= 0.3 is 0 Å². The van der Waals surface area contributed by atoms with Crippen LogP contribution in [-0.4, -0.2) is 18.8 Å². The van der Waals surface area contributed by atoms with Crippen LogP contribution < -0.4 is 5.73 Å². The third-order valence-corrected chi connectivity index (χ3v) is 2.45. The molecule has 3 N–H and O–H groups in total. The van der Waals surface area contributed by atoms with Crippen molar-refractivity contribution in [1.82, 2.24) is 0 Å².